The summed E-state index contributed by atoms with van der Waals surface area (Å²) in [6.45, 7) is 0.248. The lowest BCUT2D eigenvalue weighted by Gasteiger charge is -2.10. The van der Waals surface area contributed by atoms with E-state index in [9.17, 15) is 4.79 Å². The fraction of sp³-hybridized carbons (Fsp3) is 0.0455. The lowest BCUT2D eigenvalue weighted by atomic mass is 9.98. The van der Waals surface area contributed by atoms with Crippen LogP contribution in [0.1, 0.15) is 5.56 Å². The van der Waals surface area contributed by atoms with Gasteiger partial charge in [0.2, 0.25) is 0 Å². The Balaban J connectivity index is 1.73. The fourth-order valence-electron chi connectivity index (χ4n) is 3.39. The third-order valence-electron chi connectivity index (χ3n) is 4.86. The Morgan fingerprint density at radius 3 is 2.35 bits per heavy atom. The quantitative estimate of drug-likeness (QED) is 0.381. The zero-order chi connectivity index (χ0) is 21.4. The summed E-state index contributed by atoms with van der Waals surface area (Å²) in [6.07, 6.45) is 6.69. The topological polar surface area (TPSA) is 78.0 Å². The molecule has 4 aromatic heterocycles. The Bertz CT molecular complexity index is 1430. The van der Waals surface area contributed by atoms with Crippen LogP contribution in [0.2, 0.25) is 10.2 Å². The Morgan fingerprint density at radius 1 is 0.871 bits per heavy atom. The van der Waals surface area contributed by atoms with Gasteiger partial charge < -0.3 is 0 Å². The van der Waals surface area contributed by atoms with Crippen molar-refractivity contribution in [3.8, 4) is 22.3 Å². The van der Waals surface area contributed by atoms with E-state index in [1.807, 2.05) is 42.5 Å². The van der Waals surface area contributed by atoms with Gasteiger partial charge >= 0.3 is 5.69 Å². The summed E-state index contributed by atoms with van der Waals surface area (Å²) in [4.78, 5) is 21.2. The van der Waals surface area contributed by atoms with E-state index < -0.39 is 0 Å². The summed E-state index contributed by atoms with van der Waals surface area (Å²) in [5, 5.41) is 10.0. The highest BCUT2D eigenvalue weighted by Crippen LogP contribution is 2.34. The van der Waals surface area contributed by atoms with Crippen molar-refractivity contribution in [2.24, 2.45) is 0 Å². The zero-order valence-corrected chi connectivity index (χ0v) is 17.5. The van der Waals surface area contributed by atoms with Crippen molar-refractivity contribution in [1.82, 2.24) is 29.4 Å². The number of hydrogen-bond donors (Lipinski definition) is 0. The number of fused-ring (bicyclic) bond motifs is 1. The molecule has 0 amide bonds. The fourth-order valence-corrected chi connectivity index (χ4v) is 3.63. The Morgan fingerprint density at radius 2 is 1.65 bits per heavy atom. The molecule has 0 fully saturated rings. The molecule has 0 atom stereocenters. The minimum Gasteiger partial charge on any atom is -0.265 e. The van der Waals surface area contributed by atoms with Crippen molar-refractivity contribution in [1.29, 1.82) is 0 Å². The lowest BCUT2D eigenvalue weighted by molar-refractivity contribution is 0.649. The number of halogens is 2. The van der Waals surface area contributed by atoms with Crippen LogP contribution in [0.4, 0.5) is 0 Å². The summed E-state index contributed by atoms with van der Waals surface area (Å²) in [5.41, 5.74) is 4.31. The number of pyridine rings is 2. The van der Waals surface area contributed by atoms with Gasteiger partial charge in [0.05, 0.1) is 12.7 Å². The molecule has 0 unspecified atom stereocenters. The monoisotopic (exact) mass is 448 g/mol. The molecule has 0 bridgehead atoms. The van der Waals surface area contributed by atoms with Crippen LogP contribution < -0.4 is 5.69 Å². The highest BCUT2D eigenvalue weighted by molar-refractivity contribution is 6.30. The SMILES string of the molecule is O=c1n(Cc2ccc(Cl)nc2)nc2c(-c3ccncc3)c(-c3ccc(Cl)cc3)cnn12. The molecule has 1 aromatic carbocycles. The molecule has 9 heteroatoms. The molecule has 0 radical (unpaired) electrons. The van der Waals surface area contributed by atoms with E-state index in [0.29, 0.717) is 15.8 Å². The average molecular weight is 449 g/mol. The number of rotatable bonds is 4. The van der Waals surface area contributed by atoms with E-state index in [1.54, 1.807) is 30.9 Å². The van der Waals surface area contributed by atoms with E-state index in [2.05, 4.69) is 20.2 Å². The molecular weight excluding hydrogens is 435 g/mol. The minimum atomic E-state index is -0.345. The van der Waals surface area contributed by atoms with Gasteiger partial charge in [-0.15, -0.1) is 5.10 Å². The van der Waals surface area contributed by atoms with Gasteiger partial charge in [-0.3, -0.25) is 4.98 Å². The van der Waals surface area contributed by atoms with E-state index in [0.717, 1.165) is 27.8 Å². The van der Waals surface area contributed by atoms with E-state index in [1.165, 1.54) is 9.20 Å². The van der Waals surface area contributed by atoms with Gasteiger partial charge in [0, 0.05) is 34.7 Å². The second-order valence-corrected chi connectivity index (χ2v) is 7.66. The van der Waals surface area contributed by atoms with Gasteiger partial charge in [-0.1, -0.05) is 41.4 Å². The predicted octanol–water partition coefficient (Wildman–Crippen LogP) is 4.37. The van der Waals surface area contributed by atoms with Crippen molar-refractivity contribution < 1.29 is 0 Å². The van der Waals surface area contributed by atoms with Crippen LogP contribution in [0.5, 0.6) is 0 Å². The smallest absolute Gasteiger partial charge is 0.265 e. The molecule has 31 heavy (non-hydrogen) atoms. The first-order chi connectivity index (χ1) is 15.1. The van der Waals surface area contributed by atoms with Gasteiger partial charge in [-0.2, -0.15) is 9.61 Å². The van der Waals surface area contributed by atoms with E-state index in [4.69, 9.17) is 23.2 Å². The molecule has 0 saturated heterocycles. The summed E-state index contributed by atoms with van der Waals surface area (Å²) >= 11 is 11.9. The average Bonchev–Trinajstić information content (AvgIpc) is 3.11. The molecule has 0 saturated carbocycles. The highest BCUT2D eigenvalue weighted by Gasteiger charge is 2.18. The van der Waals surface area contributed by atoms with Crippen LogP contribution in [-0.4, -0.2) is 29.4 Å². The van der Waals surface area contributed by atoms with Crippen LogP contribution in [0.25, 0.3) is 27.9 Å². The third-order valence-corrected chi connectivity index (χ3v) is 5.33. The van der Waals surface area contributed by atoms with Gasteiger partial charge in [-0.25, -0.2) is 14.5 Å². The summed E-state index contributed by atoms with van der Waals surface area (Å²) < 4.78 is 2.67. The number of hydrogen-bond acceptors (Lipinski definition) is 5. The summed E-state index contributed by atoms with van der Waals surface area (Å²) in [5.74, 6) is 0. The van der Waals surface area contributed by atoms with Gasteiger partial charge in [0.15, 0.2) is 5.65 Å². The predicted molar refractivity (Wildman–Crippen MR) is 119 cm³/mol. The number of benzene rings is 1. The van der Waals surface area contributed by atoms with Crippen LogP contribution in [0.15, 0.2) is 78.1 Å². The first-order valence-corrected chi connectivity index (χ1v) is 10.1. The van der Waals surface area contributed by atoms with Crippen molar-refractivity contribution in [3.05, 3.63) is 99.5 Å². The van der Waals surface area contributed by atoms with Crippen LogP contribution in [0, 0.1) is 0 Å². The van der Waals surface area contributed by atoms with Crippen LogP contribution in [0.3, 0.4) is 0 Å². The number of aromatic nitrogens is 6. The Labute approximate surface area is 186 Å². The second kappa shape index (κ2) is 7.94. The molecule has 7 nitrogen and oxygen atoms in total. The van der Waals surface area contributed by atoms with Crippen LogP contribution >= 0.6 is 23.2 Å². The van der Waals surface area contributed by atoms with Crippen molar-refractivity contribution in [2.75, 3.05) is 0 Å². The van der Waals surface area contributed by atoms with Crippen molar-refractivity contribution in [2.45, 2.75) is 6.54 Å². The molecule has 0 aliphatic heterocycles. The zero-order valence-electron chi connectivity index (χ0n) is 16.0. The third kappa shape index (κ3) is 3.69. The molecule has 0 aliphatic rings. The Hall–Kier alpha value is -3.55. The van der Waals surface area contributed by atoms with Crippen LogP contribution in [-0.2, 0) is 6.54 Å². The molecule has 0 N–H and O–H groups in total. The maximum atomic E-state index is 13.0. The molecule has 0 spiro atoms. The maximum Gasteiger partial charge on any atom is 0.367 e. The molecule has 0 aliphatic carbocycles. The number of nitrogens with zero attached hydrogens (tertiary/aromatic N) is 6. The normalized spacial score (nSPS) is 11.2. The standard InChI is InChI=1S/C22H14Cl2N6O/c23-17-4-2-15(3-5-17)18-12-27-30-21(20(18)16-7-9-25-10-8-16)28-29(22(30)31)13-14-1-6-19(24)26-11-14/h1-12H,13H2. The van der Waals surface area contributed by atoms with Gasteiger partial charge in [0.25, 0.3) is 0 Å². The largest absolute Gasteiger partial charge is 0.367 e. The van der Waals surface area contributed by atoms with Crippen molar-refractivity contribution in [3.63, 3.8) is 0 Å². The maximum absolute atomic E-state index is 13.0. The molecule has 5 aromatic rings. The molecule has 152 valence electrons. The first-order valence-electron chi connectivity index (χ1n) is 9.36. The molecular formula is C22H14Cl2N6O. The van der Waals surface area contributed by atoms with E-state index >= 15 is 0 Å². The summed E-state index contributed by atoms with van der Waals surface area (Å²) in [7, 11) is 0. The van der Waals surface area contributed by atoms with Crippen molar-refractivity contribution >= 4 is 28.8 Å². The second-order valence-electron chi connectivity index (χ2n) is 6.84. The highest BCUT2D eigenvalue weighted by atomic mass is 35.5. The molecule has 4 heterocycles. The van der Waals surface area contributed by atoms with E-state index in [-0.39, 0.29) is 12.2 Å². The minimum absolute atomic E-state index is 0.248. The summed E-state index contributed by atoms with van der Waals surface area (Å²) in [6, 6.07) is 14.7. The van der Waals surface area contributed by atoms with Gasteiger partial charge in [-0.05, 0) is 47.0 Å². The lowest BCUT2D eigenvalue weighted by Crippen LogP contribution is -2.23. The first kappa shape index (κ1) is 19.4. The Kier molecular flexibility index (Phi) is 4.97. The molecule has 5 rings (SSSR count). The van der Waals surface area contributed by atoms with Gasteiger partial charge in [0.1, 0.15) is 5.15 Å².